The predicted octanol–water partition coefficient (Wildman–Crippen LogP) is -7.87. The van der Waals surface area contributed by atoms with Crippen molar-refractivity contribution >= 4 is 53.5 Å². The molecule has 0 unspecified atom stereocenters. The summed E-state index contributed by atoms with van der Waals surface area (Å²) in [4.78, 5) is 86.8. The summed E-state index contributed by atoms with van der Waals surface area (Å²) in [5, 5.41) is 48.1. The van der Waals surface area contributed by atoms with Crippen molar-refractivity contribution in [1.82, 2.24) is 16.0 Å². The van der Waals surface area contributed by atoms with E-state index in [-0.39, 0.29) is 25.3 Å². The third-order valence-corrected chi connectivity index (χ3v) is 6.24. The summed E-state index contributed by atoms with van der Waals surface area (Å²) in [6, 6.07) is 5.43. The molecule has 15 N–H and O–H groups in total. The van der Waals surface area contributed by atoms with E-state index in [9.17, 15) is 76.7 Å². The van der Waals surface area contributed by atoms with E-state index < -0.39 is 109 Å². The van der Waals surface area contributed by atoms with Crippen molar-refractivity contribution in [2.24, 2.45) is 11.5 Å². The molecule has 0 fully saturated rings. The van der Waals surface area contributed by atoms with E-state index >= 15 is 0 Å². The van der Waals surface area contributed by atoms with Crippen molar-refractivity contribution in [3.63, 3.8) is 0 Å². The molecule has 1 aromatic carbocycles. The standard InChI is InChI=1S/C22H31F3N8O6.3C2HF3O2/c23-22(24,25)21(29,7-4-8-30-20(27)28)19(39)31-11-15(34)32-14(10-16(35)36)18(38)33-13(17(26)37)9-12-5-2-1-3-6-12;3*3-2(4,5)1(6)7/h1-3,5-6,13-14H,4,7-11,29H2,(H2,26,37)(H,31,39)(H,32,34)(H,33,38)(H,35,36)(H4,27,28,30);3*(H,6,7)/t13-,14-,21+;;;/m0.../s1. The first-order chi connectivity index (χ1) is 26.9. The number of nitrogens with two attached hydrogens (primary N) is 4. The molecule has 3 atom stereocenters. The minimum absolute atomic E-state index is 0.0254. The molecule has 0 radical (unpaired) electrons. The second kappa shape index (κ2) is 25.1. The molecule has 0 bridgehead atoms. The van der Waals surface area contributed by atoms with Crippen LogP contribution in [0.3, 0.4) is 0 Å². The number of primary amides is 1. The second-order valence-corrected chi connectivity index (χ2v) is 11.1. The van der Waals surface area contributed by atoms with Gasteiger partial charge in [0.1, 0.15) is 30.0 Å². The van der Waals surface area contributed by atoms with Crippen LogP contribution in [0.2, 0.25) is 0 Å². The largest absolute Gasteiger partial charge is 0.542 e. The lowest BCUT2D eigenvalue weighted by Crippen LogP contribution is -2.97. The van der Waals surface area contributed by atoms with Crippen LogP contribution in [0.25, 0.3) is 0 Å². The highest BCUT2D eigenvalue weighted by molar-refractivity contribution is 5.95. The van der Waals surface area contributed by atoms with Gasteiger partial charge in [0, 0.05) is 19.3 Å². The van der Waals surface area contributed by atoms with Gasteiger partial charge < -0.3 is 62.2 Å². The first kappa shape index (κ1) is 57.9. The summed E-state index contributed by atoms with van der Waals surface area (Å²) >= 11 is 0. The van der Waals surface area contributed by atoms with Crippen LogP contribution in [0, 0.1) is 0 Å². The van der Waals surface area contributed by atoms with Gasteiger partial charge in [-0.05, 0) is 5.56 Å². The number of nitrogens with one attached hydrogen (secondary N) is 3. The Kier molecular flexibility index (Phi) is 24.2. The quantitative estimate of drug-likeness (QED) is 0.0342. The first-order valence-corrected chi connectivity index (χ1v) is 15.3. The maximum atomic E-state index is 13.6. The Labute approximate surface area is 326 Å². The molecule has 0 heterocycles. The number of carboxylic acids is 4. The molecule has 0 aliphatic rings. The maximum absolute atomic E-state index is 13.6. The van der Waals surface area contributed by atoms with Gasteiger partial charge in [-0.3, -0.25) is 24.0 Å². The zero-order chi connectivity index (χ0) is 48.0. The lowest BCUT2D eigenvalue weighted by atomic mass is 9.92. The molecular formula is C28H34F12N8O12. The van der Waals surface area contributed by atoms with Gasteiger partial charge in [-0.1, -0.05) is 30.3 Å². The number of alkyl halides is 12. The van der Waals surface area contributed by atoms with Crippen LogP contribution >= 0.6 is 0 Å². The highest BCUT2D eigenvalue weighted by Crippen LogP contribution is 2.30. The summed E-state index contributed by atoms with van der Waals surface area (Å²) in [5.41, 5.74) is 11.1. The van der Waals surface area contributed by atoms with Crippen LogP contribution in [0.5, 0.6) is 0 Å². The van der Waals surface area contributed by atoms with E-state index in [2.05, 4.69) is 11.1 Å². The van der Waals surface area contributed by atoms with Gasteiger partial charge in [0.15, 0.2) is 0 Å². The minimum atomic E-state index is -5.19. The number of aliphatic carboxylic acids is 4. The Bertz CT molecular complexity index is 1590. The van der Waals surface area contributed by atoms with Crippen molar-refractivity contribution < 1.29 is 128 Å². The van der Waals surface area contributed by atoms with E-state index in [0.717, 1.165) is 0 Å². The summed E-state index contributed by atoms with van der Waals surface area (Å²) in [6.07, 6.45) is -22.5. The molecule has 32 heteroatoms. The van der Waals surface area contributed by atoms with Gasteiger partial charge in [0.05, 0.1) is 19.5 Å². The molecule has 20 nitrogen and oxygen atoms in total. The van der Waals surface area contributed by atoms with Crippen molar-refractivity contribution in [2.75, 3.05) is 13.1 Å². The van der Waals surface area contributed by atoms with Crippen LogP contribution in [0.15, 0.2) is 30.3 Å². The van der Waals surface area contributed by atoms with Crippen LogP contribution in [-0.4, -0.2) is 114 Å². The van der Waals surface area contributed by atoms with E-state index in [1.165, 1.54) is 5.32 Å². The smallest absolute Gasteiger partial charge is 0.453 e. The summed E-state index contributed by atoms with van der Waals surface area (Å²) < 4.78 is 136. The SMILES string of the molecule is NC(=[NH2+])[NH2+]CCC[C@@]([NH3+])(C(=O)NCC(=O)N[C@@H](CC(=O)O)C(=O)N[C@@H](Cc1ccccc1)C(N)=O)C(F)(F)F.O=C([O-])C(F)(F)F.O=C([O-])C(F)(F)F.O=C([O-])C(F)(F)F. The van der Waals surface area contributed by atoms with Crippen molar-refractivity contribution in [1.29, 1.82) is 0 Å². The van der Waals surface area contributed by atoms with E-state index in [4.69, 9.17) is 51.7 Å². The van der Waals surface area contributed by atoms with Gasteiger partial charge in [0.25, 0.3) is 11.4 Å². The number of halogens is 12. The van der Waals surface area contributed by atoms with Crippen LogP contribution in [-0.2, 0) is 44.8 Å². The van der Waals surface area contributed by atoms with E-state index in [1.807, 2.05) is 10.6 Å². The highest BCUT2D eigenvalue weighted by Gasteiger charge is 2.61. The number of carboxylic acid groups (broad SMARTS) is 4. The molecule has 0 aromatic heterocycles. The summed E-state index contributed by atoms with van der Waals surface area (Å²) in [7, 11) is 0. The Balaban J connectivity index is -0.00000125. The molecule has 0 aliphatic carbocycles. The Hall–Kier alpha value is -6.47. The number of carbonyl (C=O) groups excluding carboxylic acids is 7. The fraction of sp³-hybridized carbons (Fsp3) is 0.464. The van der Waals surface area contributed by atoms with Crippen LogP contribution < -0.4 is 59.2 Å². The summed E-state index contributed by atoms with van der Waals surface area (Å²) in [5.74, 6) is -15.4. The number of guanidine groups is 1. The topological polar surface area (TPSA) is 384 Å². The molecule has 342 valence electrons. The maximum Gasteiger partial charge on any atom is 0.453 e. The average Bonchev–Trinajstić information content (AvgIpc) is 3.07. The molecule has 0 spiro atoms. The predicted molar refractivity (Wildman–Crippen MR) is 160 cm³/mol. The molecule has 1 rings (SSSR count). The van der Waals surface area contributed by atoms with Gasteiger partial charge >= 0.3 is 36.6 Å². The van der Waals surface area contributed by atoms with Crippen LogP contribution in [0.1, 0.15) is 24.8 Å². The number of quaternary nitrogens is 2. The fourth-order valence-electron chi connectivity index (χ4n) is 3.36. The molecule has 60 heavy (non-hydrogen) atoms. The van der Waals surface area contributed by atoms with E-state index in [1.54, 1.807) is 30.3 Å². The summed E-state index contributed by atoms with van der Waals surface area (Å²) in [6.45, 7) is -0.972. The Morgan fingerprint density at radius 2 is 1.17 bits per heavy atom. The van der Waals surface area contributed by atoms with Gasteiger partial charge in [-0.15, -0.1) is 0 Å². The van der Waals surface area contributed by atoms with Gasteiger partial charge in [-0.25, -0.2) is 16.5 Å². The number of rotatable bonds is 15. The number of benzene rings is 1. The second-order valence-electron chi connectivity index (χ2n) is 11.1. The molecule has 1 aromatic rings. The minimum Gasteiger partial charge on any atom is -0.542 e. The Morgan fingerprint density at radius 1 is 0.750 bits per heavy atom. The van der Waals surface area contributed by atoms with E-state index in [0.29, 0.717) is 5.56 Å². The first-order valence-electron chi connectivity index (χ1n) is 15.3. The lowest BCUT2D eigenvalue weighted by molar-refractivity contribution is -0.572. The molecular weight excluding hydrogens is 868 g/mol. The van der Waals surface area contributed by atoms with Gasteiger partial charge in [0.2, 0.25) is 17.7 Å². The fourth-order valence-corrected chi connectivity index (χ4v) is 3.36. The Morgan fingerprint density at radius 3 is 1.50 bits per heavy atom. The third kappa shape index (κ3) is 25.7. The zero-order valence-electron chi connectivity index (χ0n) is 29.8. The monoisotopic (exact) mass is 902 g/mol. The van der Waals surface area contributed by atoms with Crippen molar-refractivity contribution in [3.05, 3.63) is 35.9 Å². The molecule has 0 saturated heterocycles. The number of hydrogen-bond donors (Lipinski definition) is 9. The van der Waals surface area contributed by atoms with Crippen molar-refractivity contribution in [2.45, 2.75) is 68.0 Å². The number of amides is 4. The third-order valence-electron chi connectivity index (χ3n) is 6.24. The number of carbonyl (C=O) groups is 8. The zero-order valence-corrected chi connectivity index (χ0v) is 29.8. The average molecular weight is 903 g/mol. The van der Waals surface area contributed by atoms with Crippen molar-refractivity contribution in [3.8, 4) is 0 Å². The van der Waals surface area contributed by atoms with Crippen LogP contribution in [0.4, 0.5) is 52.7 Å². The molecule has 0 aliphatic heterocycles. The molecule has 4 amide bonds. The lowest BCUT2D eigenvalue weighted by Gasteiger charge is -2.26. The molecule has 0 saturated carbocycles. The normalized spacial score (nSPS) is 13.2. The van der Waals surface area contributed by atoms with Gasteiger partial charge in [-0.2, -0.15) is 52.7 Å². The number of hydrogen-bond acceptors (Lipinski definition) is 11. The highest BCUT2D eigenvalue weighted by atomic mass is 19.4.